The predicted octanol–water partition coefficient (Wildman–Crippen LogP) is 3.18. The second-order valence-electron chi connectivity index (χ2n) is 4.46. The van der Waals surface area contributed by atoms with E-state index >= 15 is 0 Å². The molecule has 0 atom stereocenters. The lowest BCUT2D eigenvalue weighted by atomic mass is 10.2. The highest BCUT2D eigenvalue weighted by molar-refractivity contribution is 5.19. The van der Waals surface area contributed by atoms with Gasteiger partial charge < -0.3 is 14.5 Å². The van der Waals surface area contributed by atoms with Crippen molar-refractivity contribution in [3.05, 3.63) is 35.8 Å². The summed E-state index contributed by atoms with van der Waals surface area (Å²) in [5, 5.41) is 3.33. The summed E-state index contributed by atoms with van der Waals surface area (Å²) in [6, 6.07) is 2.53. The van der Waals surface area contributed by atoms with E-state index < -0.39 is 0 Å². The first-order valence-electron chi connectivity index (χ1n) is 6.13. The molecule has 1 rings (SSSR count). The number of nitrogens with one attached hydrogen (secondary N) is 1. The molecule has 0 fully saturated rings. The van der Waals surface area contributed by atoms with Gasteiger partial charge >= 0.3 is 0 Å². The monoisotopic (exact) mass is 237 g/mol. The van der Waals surface area contributed by atoms with E-state index in [1.165, 1.54) is 0 Å². The standard InChI is InChI=1S/C14H23NO2/c1-5-6-7-16-10-13-8-14(17-12(13)4)9-15-11(2)3/h5,8,11,15H,1,6-7,9-10H2,2-4H3. The molecule has 1 aromatic heterocycles. The first-order valence-corrected chi connectivity index (χ1v) is 6.13. The second kappa shape index (κ2) is 7.30. The van der Waals surface area contributed by atoms with Gasteiger partial charge in [-0.1, -0.05) is 19.9 Å². The van der Waals surface area contributed by atoms with Gasteiger partial charge in [-0.25, -0.2) is 0 Å². The van der Waals surface area contributed by atoms with Crippen LogP contribution in [0.25, 0.3) is 0 Å². The van der Waals surface area contributed by atoms with Gasteiger partial charge in [-0.2, -0.15) is 0 Å². The third kappa shape index (κ3) is 5.20. The molecule has 0 radical (unpaired) electrons. The van der Waals surface area contributed by atoms with Crippen molar-refractivity contribution in [2.24, 2.45) is 0 Å². The molecule has 0 aromatic carbocycles. The fraction of sp³-hybridized carbons (Fsp3) is 0.571. The van der Waals surface area contributed by atoms with Gasteiger partial charge in [0.2, 0.25) is 0 Å². The van der Waals surface area contributed by atoms with Crippen LogP contribution < -0.4 is 5.32 Å². The second-order valence-corrected chi connectivity index (χ2v) is 4.46. The highest BCUT2D eigenvalue weighted by Crippen LogP contribution is 2.15. The van der Waals surface area contributed by atoms with Gasteiger partial charge in [-0.3, -0.25) is 0 Å². The molecule has 3 nitrogen and oxygen atoms in total. The molecular weight excluding hydrogens is 214 g/mol. The van der Waals surface area contributed by atoms with E-state index in [0.29, 0.717) is 19.3 Å². The van der Waals surface area contributed by atoms with Gasteiger partial charge in [0.1, 0.15) is 11.5 Å². The minimum Gasteiger partial charge on any atom is -0.465 e. The van der Waals surface area contributed by atoms with Crippen LogP contribution in [-0.2, 0) is 17.9 Å². The molecule has 0 aliphatic carbocycles. The van der Waals surface area contributed by atoms with Crippen LogP contribution in [0.15, 0.2) is 23.1 Å². The summed E-state index contributed by atoms with van der Waals surface area (Å²) in [5.74, 6) is 1.92. The van der Waals surface area contributed by atoms with Gasteiger partial charge in [-0.15, -0.1) is 6.58 Å². The van der Waals surface area contributed by atoms with Crippen LogP contribution in [0.3, 0.4) is 0 Å². The third-order valence-corrected chi connectivity index (χ3v) is 2.48. The minimum atomic E-state index is 0.465. The van der Waals surface area contributed by atoms with Crippen molar-refractivity contribution in [2.45, 2.75) is 46.4 Å². The van der Waals surface area contributed by atoms with Crippen molar-refractivity contribution in [1.29, 1.82) is 0 Å². The Morgan fingerprint density at radius 2 is 2.29 bits per heavy atom. The Kier molecular flexibility index (Phi) is 6.01. The summed E-state index contributed by atoms with van der Waals surface area (Å²) in [6.07, 6.45) is 2.75. The van der Waals surface area contributed by atoms with Crippen LogP contribution in [0.1, 0.15) is 37.4 Å². The Labute approximate surface area is 104 Å². The van der Waals surface area contributed by atoms with E-state index in [1.807, 2.05) is 13.0 Å². The Bertz CT molecular complexity index is 342. The largest absolute Gasteiger partial charge is 0.465 e. The fourth-order valence-corrected chi connectivity index (χ4v) is 1.47. The molecule has 1 aromatic rings. The lowest BCUT2D eigenvalue weighted by Gasteiger charge is -2.04. The number of hydrogen-bond acceptors (Lipinski definition) is 3. The highest BCUT2D eigenvalue weighted by atomic mass is 16.5. The van der Waals surface area contributed by atoms with Crippen molar-refractivity contribution < 1.29 is 9.15 Å². The molecular formula is C14H23NO2. The van der Waals surface area contributed by atoms with E-state index in [2.05, 4.69) is 31.8 Å². The Hall–Kier alpha value is -1.06. The SMILES string of the molecule is C=CCCOCc1cc(CNC(C)C)oc1C. The fourth-order valence-electron chi connectivity index (χ4n) is 1.47. The zero-order chi connectivity index (χ0) is 12.7. The highest BCUT2D eigenvalue weighted by Gasteiger charge is 2.07. The van der Waals surface area contributed by atoms with Crippen LogP contribution in [0.2, 0.25) is 0 Å². The molecule has 0 saturated carbocycles. The molecule has 1 heterocycles. The average Bonchev–Trinajstić information content (AvgIpc) is 2.63. The van der Waals surface area contributed by atoms with E-state index in [1.54, 1.807) is 0 Å². The van der Waals surface area contributed by atoms with Crippen LogP contribution in [0.5, 0.6) is 0 Å². The average molecular weight is 237 g/mol. The molecule has 0 amide bonds. The van der Waals surface area contributed by atoms with Crippen molar-refractivity contribution >= 4 is 0 Å². The summed E-state index contributed by atoms with van der Waals surface area (Å²) < 4.78 is 11.2. The molecule has 0 unspecified atom stereocenters. The number of rotatable bonds is 8. The van der Waals surface area contributed by atoms with Gasteiger partial charge in [0.05, 0.1) is 19.8 Å². The summed E-state index contributed by atoms with van der Waals surface area (Å²) in [4.78, 5) is 0. The molecule has 0 aliphatic heterocycles. The lowest BCUT2D eigenvalue weighted by molar-refractivity contribution is 0.124. The van der Waals surface area contributed by atoms with Crippen molar-refractivity contribution in [3.63, 3.8) is 0 Å². The maximum atomic E-state index is 5.66. The van der Waals surface area contributed by atoms with Gasteiger partial charge in [0.25, 0.3) is 0 Å². The quantitative estimate of drug-likeness (QED) is 0.557. The van der Waals surface area contributed by atoms with Gasteiger partial charge in [0.15, 0.2) is 0 Å². The van der Waals surface area contributed by atoms with Crippen molar-refractivity contribution in [2.75, 3.05) is 6.61 Å². The maximum absolute atomic E-state index is 5.66. The number of aryl methyl sites for hydroxylation is 1. The van der Waals surface area contributed by atoms with E-state index in [0.717, 1.165) is 30.0 Å². The zero-order valence-electron chi connectivity index (χ0n) is 11.1. The summed E-state index contributed by atoms with van der Waals surface area (Å²) in [7, 11) is 0. The van der Waals surface area contributed by atoms with Gasteiger partial charge in [0, 0.05) is 11.6 Å². The van der Waals surface area contributed by atoms with Crippen LogP contribution >= 0.6 is 0 Å². The molecule has 0 bridgehead atoms. The number of ether oxygens (including phenoxy) is 1. The van der Waals surface area contributed by atoms with Crippen LogP contribution in [-0.4, -0.2) is 12.6 Å². The summed E-state index contributed by atoms with van der Waals surface area (Å²) >= 11 is 0. The molecule has 1 N–H and O–H groups in total. The molecule has 0 aliphatic rings. The van der Waals surface area contributed by atoms with Crippen LogP contribution in [0, 0.1) is 6.92 Å². The first kappa shape index (κ1) is 14.0. The van der Waals surface area contributed by atoms with E-state index in [4.69, 9.17) is 9.15 Å². The Morgan fingerprint density at radius 1 is 1.53 bits per heavy atom. The third-order valence-electron chi connectivity index (χ3n) is 2.48. The molecule has 0 spiro atoms. The number of furan rings is 1. The van der Waals surface area contributed by atoms with Crippen molar-refractivity contribution in [1.82, 2.24) is 5.32 Å². The maximum Gasteiger partial charge on any atom is 0.118 e. The smallest absolute Gasteiger partial charge is 0.118 e. The Morgan fingerprint density at radius 3 is 2.94 bits per heavy atom. The molecule has 3 heteroatoms. The summed E-state index contributed by atoms with van der Waals surface area (Å²) in [5.41, 5.74) is 1.13. The van der Waals surface area contributed by atoms with Gasteiger partial charge in [-0.05, 0) is 19.4 Å². The number of hydrogen-bond donors (Lipinski definition) is 1. The van der Waals surface area contributed by atoms with E-state index in [-0.39, 0.29) is 0 Å². The Balaban J connectivity index is 2.41. The van der Waals surface area contributed by atoms with Crippen molar-refractivity contribution in [3.8, 4) is 0 Å². The zero-order valence-corrected chi connectivity index (χ0v) is 11.1. The lowest BCUT2D eigenvalue weighted by Crippen LogP contribution is -2.21. The minimum absolute atomic E-state index is 0.465. The molecule has 0 saturated heterocycles. The van der Waals surface area contributed by atoms with E-state index in [9.17, 15) is 0 Å². The molecule has 17 heavy (non-hydrogen) atoms. The normalized spacial score (nSPS) is 11.1. The first-order chi connectivity index (χ1) is 8.13. The molecule has 96 valence electrons. The topological polar surface area (TPSA) is 34.4 Å². The summed E-state index contributed by atoms with van der Waals surface area (Å²) in [6.45, 7) is 12.0. The predicted molar refractivity (Wildman–Crippen MR) is 69.9 cm³/mol. The van der Waals surface area contributed by atoms with Crippen LogP contribution in [0.4, 0.5) is 0 Å².